The van der Waals surface area contributed by atoms with Gasteiger partial charge in [-0.05, 0) is 152 Å². The number of amides is 4. The van der Waals surface area contributed by atoms with Gasteiger partial charge in [0.15, 0.2) is 0 Å². The number of fused-ring (bicyclic) bond motifs is 11. The summed E-state index contributed by atoms with van der Waals surface area (Å²) in [6, 6.07) is 10.8. The average molecular weight is 1570 g/mol. The Morgan fingerprint density at radius 2 is 1.07 bits per heavy atom. The van der Waals surface area contributed by atoms with Crippen molar-refractivity contribution in [1.29, 1.82) is 0 Å². The second-order valence-electron chi connectivity index (χ2n) is 31.2. The highest BCUT2D eigenvalue weighted by Crippen LogP contribution is 2.52. The van der Waals surface area contributed by atoms with Crippen LogP contribution in [0.5, 0.6) is 11.5 Å². The van der Waals surface area contributed by atoms with Crippen LogP contribution >= 0.6 is 23.2 Å². The number of ether oxygens (including phenoxy) is 10. The van der Waals surface area contributed by atoms with Crippen LogP contribution in [-0.4, -0.2) is 227 Å². The Bertz CT molecular complexity index is 4110. The lowest BCUT2D eigenvalue weighted by molar-refractivity contribution is -0.188. The predicted molar refractivity (Wildman–Crippen MR) is 411 cm³/mol. The molecule has 0 unspecified atom stereocenters. The molecule has 11 rings (SSSR count). The maximum absolute atomic E-state index is 14.3. The van der Waals surface area contributed by atoms with E-state index in [-0.39, 0.29) is 66.3 Å². The van der Waals surface area contributed by atoms with E-state index in [0.717, 1.165) is 66.0 Å². The third kappa shape index (κ3) is 18.6. The lowest BCUT2D eigenvalue weighted by atomic mass is 9.78. The normalized spacial score (nSPS) is 32.2. The van der Waals surface area contributed by atoms with Crippen LogP contribution in [0.4, 0.5) is 11.4 Å². The third-order valence-corrected chi connectivity index (χ3v) is 24.2. The maximum atomic E-state index is 14.3. The van der Waals surface area contributed by atoms with Gasteiger partial charge in [0.2, 0.25) is 17.7 Å². The largest absolute Gasteiger partial charge is 0.495 e. The van der Waals surface area contributed by atoms with Gasteiger partial charge in [-0.2, -0.15) is 0 Å². The maximum Gasteiger partial charge on any atom is 0.328 e. The number of aliphatic hydroxyl groups is 2. The fraction of sp³-hybridized carbons (Fsp3) is 0.585. The van der Waals surface area contributed by atoms with Gasteiger partial charge < -0.3 is 87.8 Å². The van der Waals surface area contributed by atoms with E-state index in [1.807, 2.05) is 64.1 Å². The number of hydrogen-bond acceptors (Lipinski definition) is 22. The summed E-state index contributed by atoms with van der Waals surface area (Å²) in [7, 11) is 12.3. The van der Waals surface area contributed by atoms with Crippen LogP contribution in [-0.2, 0) is 97.3 Å². The minimum atomic E-state index is -1.58. The molecule has 5 fully saturated rings. The van der Waals surface area contributed by atoms with E-state index < -0.39 is 131 Å². The number of nitrogens with zero attached hydrogens (tertiary/aromatic N) is 4. The standard InChI is InChI=1S/C43H54ClN3O10.C39H54ClN3O10/c1-24-10-9-11-34(54-8)43(52)21-33(55-37(49)22-43)25(2)39-42(4,57-39)35(20-36(48)47(6)31-17-27(16-24)18-32(53-7)38(31)44)56-41(51)26(3)46(5)40(50)29-12-13-30-23-45-15-14-28(30)19-29;1-22-10-9-11-30(50-8)39(48)20-29(51-33(45)21-39)23(2)35-38(4,53-35)31(52-37(47)24(3)42(5)36(46)26-12-14-41-15-13-26)19-32(44)43(6)27-17-25(16-22)18-28(49-7)34(27)40/h9-13,17-19,25-26,33-35,39,45,52H,14-16,20-23H2,1-8H3;9-11,17-18,23-24,26,29-31,35,41,48H,12-16,19-21H2,1-8H3/b11-9+,24-10+;11-9+,22-10+/t25-,26+,33+,34-,35+,39+,42+,43-;23-,24+,29+,30-,31+,35+,38+,39-/m11/s1. The summed E-state index contributed by atoms with van der Waals surface area (Å²) in [5, 5.41) is 30.8. The van der Waals surface area contributed by atoms with Crippen molar-refractivity contribution < 1.29 is 95.9 Å². The molecule has 8 aliphatic rings. The summed E-state index contributed by atoms with van der Waals surface area (Å²) in [4.78, 5) is 115. The van der Waals surface area contributed by atoms with Crippen LogP contribution in [0.1, 0.15) is 139 Å². The Morgan fingerprint density at radius 1 is 0.627 bits per heavy atom. The number of carbonyl (C=O) groups excluding carboxylic acids is 8. The topological polar surface area (TPSA) is 313 Å². The molecule has 8 aliphatic heterocycles. The van der Waals surface area contributed by atoms with Gasteiger partial charge in [-0.25, -0.2) is 9.59 Å². The van der Waals surface area contributed by atoms with Crippen molar-refractivity contribution in [2.75, 3.05) is 86.1 Å². The number of esters is 4. The first kappa shape index (κ1) is 84.7. The second-order valence-corrected chi connectivity index (χ2v) is 32.0. The van der Waals surface area contributed by atoms with E-state index in [4.69, 9.17) is 70.6 Å². The second kappa shape index (κ2) is 35.1. The summed E-state index contributed by atoms with van der Waals surface area (Å²) in [5.41, 5.74) is 1.48. The molecule has 0 spiro atoms. The molecule has 8 bridgehead atoms. The zero-order chi connectivity index (χ0) is 80.2. The van der Waals surface area contributed by atoms with Crippen molar-refractivity contribution in [2.45, 2.75) is 216 Å². The summed E-state index contributed by atoms with van der Waals surface area (Å²) < 4.78 is 59.2. The monoisotopic (exact) mass is 1570 g/mol. The molecule has 0 aliphatic carbocycles. The number of likely N-dealkylation sites (N-methyl/N-ethyl adjacent to an activating group) is 2. The van der Waals surface area contributed by atoms with Crippen LogP contribution in [0.3, 0.4) is 0 Å². The lowest BCUT2D eigenvalue weighted by Crippen LogP contribution is -2.53. The molecule has 4 amide bonds. The number of anilines is 2. The number of methoxy groups -OCH3 is 4. The fourth-order valence-electron chi connectivity index (χ4n) is 16.0. The molecule has 16 atom stereocenters. The van der Waals surface area contributed by atoms with Crippen LogP contribution in [0, 0.1) is 17.8 Å². The molecule has 600 valence electrons. The number of benzene rings is 3. The van der Waals surface area contributed by atoms with Gasteiger partial charge in [0.25, 0.3) is 5.91 Å². The van der Waals surface area contributed by atoms with Crippen LogP contribution < -0.4 is 29.9 Å². The molecule has 0 aromatic heterocycles. The summed E-state index contributed by atoms with van der Waals surface area (Å²) in [5.74, 6) is -4.32. The highest BCUT2D eigenvalue weighted by molar-refractivity contribution is 6.36. The summed E-state index contributed by atoms with van der Waals surface area (Å²) in [6.45, 7) is 17.2. The van der Waals surface area contributed by atoms with Crippen molar-refractivity contribution in [2.24, 2.45) is 17.8 Å². The number of allylic oxidation sites excluding steroid dienone is 6. The molecule has 8 heterocycles. The first-order valence-electron chi connectivity index (χ1n) is 37.7. The molecule has 26 nitrogen and oxygen atoms in total. The molecule has 110 heavy (non-hydrogen) atoms. The number of halogens is 2. The Kier molecular flexibility index (Phi) is 27.0. The number of hydrogen-bond donors (Lipinski definition) is 4. The Labute approximate surface area is 654 Å². The highest BCUT2D eigenvalue weighted by atomic mass is 35.5. The quantitative estimate of drug-likeness (QED) is 0.0750. The smallest absolute Gasteiger partial charge is 0.328 e. The van der Waals surface area contributed by atoms with Gasteiger partial charge in [-0.3, -0.25) is 28.8 Å². The zero-order valence-corrected chi connectivity index (χ0v) is 67.4. The van der Waals surface area contributed by atoms with E-state index in [1.165, 1.54) is 48.0 Å². The SMILES string of the molecule is COc1cc2cc(c1Cl)N(C)C(=O)C[C@H](OC(=O)[C@H](C)N(C)C(=O)C1CCNCC1)[C@]1(C)O[C@H]1[C@H](C)[C@@H]1C[C@@](O)(CC(=O)O1)[C@H](OC)/C=C/C=C(\C)C2.COc1cc2cc(c1Cl)N(C)C(=O)C[C@H](OC(=O)[C@H](C)N(C)C(=O)c1ccc3c(c1)CCNC3)[C@]1(C)O[C@H]1[C@H](C)[C@@H]1C[C@@](O)(CC(=O)O1)[C@H](OC)/C=C/C=C(\C)C2. The third-order valence-electron chi connectivity index (χ3n) is 23.5. The summed E-state index contributed by atoms with van der Waals surface area (Å²) in [6.07, 6.45) is 6.15. The number of nitrogens with one attached hydrogen (secondary N) is 2. The van der Waals surface area contributed by atoms with Crippen molar-refractivity contribution in [3.63, 3.8) is 0 Å². The van der Waals surface area contributed by atoms with Crippen molar-refractivity contribution >= 4 is 82.1 Å². The lowest BCUT2D eigenvalue weighted by Gasteiger charge is -2.41. The highest BCUT2D eigenvalue weighted by Gasteiger charge is 2.66. The Balaban J connectivity index is 0.000000235. The van der Waals surface area contributed by atoms with Gasteiger partial charge in [-0.1, -0.05) is 90.7 Å². The number of rotatable bonds is 12. The van der Waals surface area contributed by atoms with E-state index in [0.29, 0.717) is 54.1 Å². The van der Waals surface area contributed by atoms with Crippen molar-refractivity contribution in [3.8, 4) is 11.5 Å². The first-order valence-corrected chi connectivity index (χ1v) is 38.4. The molecule has 0 radical (unpaired) electrons. The number of piperidine rings is 1. The van der Waals surface area contributed by atoms with Crippen LogP contribution in [0.15, 0.2) is 90.1 Å². The van der Waals surface area contributed by atoms with Crippen molar-refractivity contribution in [3.05, 3.63) is 128 Å². The van der Waals surface area contributed by atoms with Gasteiger partial charge in [-0.15, -0.1) is 0 Å². The molecule has 3 aromatic rings. The van der Waals surface area contributed by atoms with Crippen LogP contribution in [0.2, 0.25) is 10.0 Å². The van der Waals surface area contributed by atoms with E-state index >= 15 is 0 Å². The van der Waals surface area contributed by atoms with E-state index in [9.17, 15) is 48.6 Å². The zero-order valence-electron chi connectivity index (χ0n) is 65.9. The fourth-order valence-corrected chi connectivity index (χ4v) is 16.7. The predicted octanol–water partition coefficient (Wildman–Crippen LogP) is 8.49. The van der Waals surface area contributed by atoms with Crippen LogP contribution in [0.25, 0.3) is 0 Å². The summed E-state index contributed by atoms with van der Waals surface area (Å²) >= 11 is 13.6. The molecule has 4 N–H and O–H groups in total. The molecule has 3 aromatic carbocycles. The van der Waals surface area contributed by atoms with E-state index in [2.05, 4.69) is 10.6 Å². The molecule has 5 saturated heterocycles. The average Bonchev–Trinajstić information content (AvgIpc) is 1.58. The molecular weight excluding hydrogens is 1460 g/mol. The minimum absolute atomic E-state index is 0.0563. The first-order chi connectivity index (χ1) is 52.0. The van der Waals surface area contributed by atoms with Gasteiger partial charge >= 0.3 is 23.9 Å². The Morgan fingerprint density at radius 3 is 1.51 bits per heavy atom. The molecule has 28 heteroatoms. The number of epoxide rings is 2. The van der Waals surface area contributed by atoms with E-state index in [1.54, 1.807) is 98.4 Å². The van der Waals surface area contributed by atoms with Gasteiger partial charge in [0.1, 0.15) is 92.7 Å². The van der Waals surface area contributed by atoms with Gasteiger partial charge in [0, 0.05) is 85.1 Å². The minimum Gasteiger partial charge on any atom is -0.495 e. The molecule has 0 saturated carbocycles. The Hall–Kier alpha value is -7.76. The number of carbonyl (C=O) groups is 8. The molecular formula is C82H108Cl2N6O20. The van der Waals surface area contributed by atoms with Crippen molar-refractivity contribution in [1.82, 2.24) is 20.4 Å². The van der Waals surface area contributed by atoms with Gasteiger partial charge in [0.05, 0.1) is 63.5 Å².